The number of imide groups is 1. The normalized spacial score (nSPS) is 27.0. The Morgan fingerprint density at radius 1 is 1.38 bits per heavy atom. The van der Waals surface area contributed by atoms with E-state index in [9.17, 15) is 29.7 Å². The number of aliphatic hydroxyl groups is 2. The van der Waals surface area contributed by atoms with Crippen LogP contribution in [-0.2, 0) is 14.3 Å². The summed E-state index contributed by atoms with van der Waals surface area (Å²) in [7, 11) is 1.32. The van der Waals surface area contributed by atoms with E-state index in [1.54, 1.807) is 6.92 Å². The number of hydrogen-bond acceptors (Lipinski definition) is 9. The molecule has 4 N–H and O–H groups in total. The SMILES string of the molecule is COc1cc(O)cc(C)c1C(=O)O[C@@H]1[C@@H](CO)OC(N2CCC(=O)NC2=O)[C@@H]1O. The van der Waals surface area contributed by atoms with Crippen LogP contribution in [0.1, 0.15) is 22.3 Å². The largest absolute Gasteiger partial charge is 0.508 e. The minimum Gasteiger partial charge on any atom is -0.508 e. The van der Waals surface area contributed by atoms with Crippen molar-refractivity contribution in [2.24, 2.45) is 0 Å². The van der Waals surface area contributed by atoms with Crippen LogP contribution in [0.5, 0.6) is 11.5 Å². The zero-order chi connectivity index (χ0) is 21.3. The van der Waals surface area contributed by atoms with Crippen LogP contribution in [0.3, 0.4) is 0 Å². The molecule has 0 radical (unpaired) electrons. The summed E-state index contributed by atoms with van der Waals surface area (Å²) in [6.07, 6.45) is -5.01. The van der Waals surface area contributed by atoms with Gasteiger partial charge < -0.3 is 29.5 Å². The molecular weight excluding hydrogens is 388 g/mol. The van der Waals surface area contributed by atoms with Gasteiger partial charge in [-0.2, -0.15) is 0 Å². The maximum atomic E-state index is 12.7. The zero-order valence-corrected chi connectivity index (χ0v) is 15.8. The molecule has 0 aliphatic carbocycles. The molecule has 4 atom stereocenters. The Kier molecular flexibility index (Phi) is 5.91. The van der Waals surface area contributed by atoms with E-state index in [1.165, 1.54) is 19.2 Å². The van der Waals surface area contributed by atoms with Crippen molar-refractivity contribution >= 4 is 17.9 Å². The number of carbonyl (C=O) groups excluding carboxylic acids is 3. The minimum absolute atomic E-state index is 0.0100. The van der Waals surface area contributed by atoms with E-state index >= 15 is 0 Å². The summed E-state index contributed by atoms with van der Waals surface area (Å²) in [4.78, 5) is 37.2. The summed E-state index contributed by atoms with van der Waals surface area (Å²) in [5.41, 5.74) is 0.422. The number of phenolic OH excluding ortho intramolecular Hbond substituents is 1. The van der Waals surface area contributed by atoms with E-state index in [4.69, 9.17) is 14.2 Å². The van der Waals surface area contributed by atoms with Gasteiger partial charge in [0.05, 0.1) is 13.7 Å². The van der Waals surface area contributed by atoms with E-state index in [0.717, 1.165) is 4.90 Å². The van der Waals surface area contributed by atoms with Crippen LogP contribution in [0.2, 0.25) is 0 Å². The molecule has 1 aromatic carbocycles. The second kappa shape index (κ2) is 8.23. The molecule has 2 aliphatic rings. The predicted molar refractivity (Wildman–Crippen MR) is 95.2 cm³/mol. The highest BCUT2D eigenvalue weighted by atomic mass is 16.6. The smallest absolute Gasteiger partial charge is 0.342 e. The fraction of sp³-hybridized carbons (Fsp3) is 0.500. The molecule has 3 amide bonds. The molecule has 3 rings (SSSR count). The van der Waals surface area contributed by atoms with Crippen molar-refractivity contribution in [1.29, 1.82) is 0 Å². The first-order valence-electron chi connectivity index (χ1n) is 8.90. The summed E-state index contributed by atoms with van der Waals surface area (Å²) in [5, 5.41) is 32.0. The Balaban J connectivity index is 1.81. The first-order chi connectivity index (χ1) is 13.8. The van der Waals surface area contributed by atoms with Gasteiger partial charge in [-0.25, -0.2) is 9.59 Å². The number of benzene rings is 1. The second-order valence-electron chi connectivity index (χ2n) is 6.74. The number of rotatable bonds is 5. The van der Waals surface area contributed by atoms with E-state index < -0.39 is 49.1 Å². The van der Waals surface area contributed by atoms with Gasteiger partial charge in [0.25, 0.3) is 0 Å². The molecule has 0 bridgehead atoms. The molecule has 2 aliphatic heterocycles. The number of carbonyl (C=O) groups is 3. The number of phenols is 1. The molecule has 1 unspecified atom stereocenters. The van der Waals surface area contributed by atoms with Gasteiger partial charge in [0.1, 0.15) is 29.3 Å². The van der Waals surface area contributed by atoms with Crippen LogP contribution in [0, 0.1) is 6.92 Å². The van der Waals surface area contributed by atoms with Crippen LogP contribution in [0.25, 0.3) is 0 Å². The fourth-order valence-electron chi connectivity index (χ4n) is 3.43. The highest BCUT2D eigenvalue weighted by Gasteiger charge is 2.50. The van der Waals surface area contributed by atoms with Crippen molar-refractivity contribution in [2.45, 2.75) is 37.9 Å². The van der Waals surface area contributed by atoms with Gasteiger partial charge in [0.2, 0.25) is 5.91 Å². The van der Waals surface area contributed by atoms with Crippen molar-refractivity contribution in [3.8, 4) is 11.5 Å². The maximum absolute atomic E-state index is 12.7. The number of esters is 1. The lowest BCUT2D eigenvalue weighted by molar-refractivity contribution is -0.125. The standard InChI is InChI=1S/C18H22N2O9/c1-8-5-9(22)6-10(27-2)13(8)17(25)29-15-11(7-21)28-16(14(15)24)20-4-3-12(23)19-18(20)26/h5-6,11,14-16,21-22,24H,3-4,7H2,1-2H3,(H,19,23,26)/t11-,14-,15-,16?/m1/s1. The lowest BCUT2D eigenvalue weighted by Gasteiger charge is -2.32. The number of ether oxygens (including phenoxy) is 3. The molecule has 2 saturated heterocycles. The molecule has 2 heterocycles. The minimum atomic E-state index is -1.46. The van der Waals surface area contributed by atoms with E-state index in [0.29, 0.717) is 5.56 Å². The number of aliphatic hydroxyl groups excluding tert-OH is 2. The van der Waals surface area contributed by atoms with Crippen molar-refractivity contribution in [2.75, 3.05) is 20.3 Å². The number of nitrogens with one attached hydrogen (secondary N) is 1. The Bertz CT molecular complexity index is 828. The van der Waals surface area contributed by atoms with Crippen LogP contribution >= 0.6 is 0 Å². The quantitative estimate of drug-likeness (QED) is 0.459. The lowest BCUT2D eigenvalue weighted by atomic mass is 10.1. The average Bonchev–Trinajstić information content (AvgIpc) is 2.96. The number of nitrogens with zero attached hydrogens (tertiary/aromatic N) is 1. The molecule has 158 valence electrons. The summed E-state index contributed by atoms with van der Waals surface area (Å²) in [6, 6.07) is 1.85. The predicted octanol–water partition coefficient (Wildman–Crippen LogP) is -0.745. The van der Waals surface area contributed by atoms with Crippen LogP contribution < -0.4 is 10.1 Å². The third-order valence-corrected chi connectivity index (χ3v) is 4.83. The molecule has 1 aromatic rings. The average molecular weight is 410 g/mol. The highest BCUT2D eigenvalue weighted by Crippen LogP contribution is 2.32. The summed E-state index contributed by atoms with van der Waals surface area (Å²) >= 11 is 0. The van der Waals surface area contributed by atoms with E-state index in [-0.39, 0.29) is 30.0 Å². The van der Waals surface area contributed by atoms with Gasteiger partial charge >= 0.3 is 12.0 Å². The second-order valence-corrected chi connectivity index (χ2v) is 6.74. The van der Waals surface area contributed by atoms with Gasteiger partial charge in [-0.05, 0) is 18.6 Å². The molecular formula is C18H22N2O9. The zero-order valence-electron chi connectivity index (χ0n) is 15.8. The Morgan fingerprint density at radius 2 is 2.10 bits per heavy atom. The third kappa shape index (κ3) is 3.97. The molecule has 0 saturated carbocycles. The molecule has 0 spiro atoms. The van der Waals surface area contributed by atoms with Crippen molar-refractivity contribution < 1.29 is 43.9 Å². The number of aromatic hydroxyl groups is 1. The lowest BCUT2D eigenvalue weighted by Crippen LogP contribution is -2.56. The van der Waals surface area contributed by atoms with Gasteiger partial charge in [-0.3, -0.25) is 15.0 Å². The fourth-order valence-corrected chi connectivity index (χ4v) is 3.43. The van der Waals surface area contributed by atoms with E-state index in [1.807, 2.05) is 0 Å². The summed E-state index contributed by atoms with van der Waals surface area (Å²) < 4.78 is 16.0. The van der Waals surface area contributed by atoms with Gasteiger partial charge in [0, 0.05) is 19.0 Å². The Hall–Kier alpha value is -2.89. The van der Waals surface area contributed by atoms with Crippen molar-refractivity contribution in [3.63, 3.8) is 0 Å². The number of methoxy groups -OCH3 is 1. The van der Waals surface area contributed by atoms with Crippen LogP contribution in [-0.4, -0.2) is 82.9 Å². The van der Waals surface area contributed by atoms with Crippen molar-refractivity contribution in [1.82, 2.24) is 10.2 Å². The number of urea groups is 1. The summed E-state index contributed by atoms with van der Waals surface area (Å²) in [6.45, 7) is 1.00. The first kappa shape index (κ1) is 20.8. The molecule has 0 aromatic heterocycles. The third-order valence-electron chi connectivity index (χ3n) is 4.83. The molecule has 29 heavy (non-hydrogen) atoms. The number of hydrogen-bond donors (Lipinski definition) is 4. The topological polar surface area (TPSA) is 155 Å². The Labute approximate surface area is 165 Å². The van der Waals surface area contributed by atoms with Gasteiger partial charge in [0.15, 0.2) is 12.3 Å². The molecule has 11 nitrogen and oxygen atoms in total. The van der Waals surface area contributed by atoms with E-state index in [2.05, 4.69) is 5.32 Å². The van der Waals surface area contributed by atoms with Crippen molar-refractivity contribution in [3.05, 3.63) is 23.3 Å². The van der Waals surface area contributed by atoms with Gasteiger partial charge in [-0.1, -0.05) is 0 Å². The number of aryl methyl sites for hydroxylation is 1. The molecule has 11 heteroatoms. The number of amides is 3. The maximum Gasteiger partial charge on any atom is 0.342 e. The highest BCUT2D eigenvalue weighted by molar-refractivity contribution is 5.97. The summed E-state index contributed by atoms with van der Waals surface area (Å²) in [5.74, 6) is -1.33. The van der Waals surface area contributed by atoms with Gasteiger partial charge in [-0.15, -0.1) is 0 Å². The Morgan fingerprint density at radius 3 is 2.72 bits per heavy atom. The van der Waals surface area contributed by atoms with Crippen LogP contribution in [0.4, 0.5) is 4.79 Å². The van der Waals surface area contributed by atoms with Crippen LogP contribution in [0.15, 0.2) is 12.1 Å². The monoisotopic (exact) mass is 410 g/mol. The first-order valence-corrected chi connectivity index (χ1v) is 8.90. The molecule has 2 fully saturated rings.